The van der Waals surface area contributed by atoms with Crippen LogP contribution in [-0.4, -0.2) is 47.6 Å². The second-order valence-corrected chi connectivity index (χ2v) is 11.2. The fourth-order valence-corrected chi connectivity index (χ4v) is 7.48. The average Bonchev–Trinajstić information content (AvgIpc) is 3.50. The Hall–Kier alpha value is -2.30. The highest BCUT2D eigenvalue weighted by Gasteiger charge is 2.39. The second-order valence-electron chi connectivity index (χ2n) is 8.99. The largest absolute Gasteiger partial charge is 0.396 e. The second kappa shape index (κ2) is 7.64. The van der Waals surface area contributed by atoms with Gasteiger partial charge < -0.3 is 21.3 Å². The molecule has 7 nitrogen and oxygen atoms in total. The number of thiophene rings is 1. The molecule has 10 heteroatoms. The number of aromatic nitrogens is 2. The van der Waals surface area contributed by atoms with Gasteiger partial charge in [0.25, 0.3) is 5.91 Å². The fourth-order valence-electron chi connectivity index (χ4n) is 5.38. The van der Waals surface area contributed by atoms with Crippen LogP contribution < -0.4 is 21.3 Å². The predicted octanol–water partition coefficient (Wildman–Crippen LogP) is 2.87. The Labute approximate surface area is 193 Å². The molecule has 3 aromatic heterocycles. The molecular formula is C22H25FN6OS2. The lowest BCUT2D eigenvalue weighted by Crippen LogP contribution is -2.39. The number of carbonyl (C=O) groups excluding carboxylic acids is 1. The Bertz CT molecular complexity index is 1220. The molecule has 1 amide bonds. The summed E-state index contributed by atoms with van der Waals surface area (Å²) < 4.78 is 16.0. The van der Waals surface area contributed by atoms with E-state index in [1.54, 1.807) is 6.07 Å². The summed E-state index contributed by atoms with van der Waals surface area (Å²) in [6.07, 6.45) is 3.17. The third kappa shape index (κ3) is 3.27. The molecule has 6 rings (SSSR count). The Morgan fingerprint density at radius 3 is 3.03 bits per heavy atom. The molecular weight excluding hydrogens is 447 g/mol. The van der Waals surface area contributed by atoms with Crippen molar-refractivity contribution in [1.29, 1.82) is 0 Å². The molecule has 2 saturated heterocycles. The number of rotatable bonds is 3. The number of hydrogen-bond acceptors (Lipinski definition) is 8. The summed E-state index contributed by atoms with van der Waals surface area (Å²) in [5.74, 6) is 0.653. The molecule has 0 saturated carbocycles. The number of pyridine rings is 1. The van der Waals surface area contributed by atoms with E-state index < -0.39 is 0 Å². The zero-order chi connectivity index (χ0) is 22.0. The number of halogens is 1. The molecule has 168 valence electrons. The van der Waals surface area contributed by atoms with E-state index in [1.165, 1.54) is 22.7 Å². The van der Waals surface area contributed by atoms with E-state index >= 15 is 4.39 Å². The summed E-state index contributed by atoms with van der Waals surface area (Å²) in [5.41, 5.74) is 8.57. The lowest BCUT2D eigenvalue weighted by molar-refractivity contribution is 0.0938. The van der Waals surface area contributed by atoms with Crippen LogP contribution in [0.5, 0.6) is 0 Å². The first-order chi connectivity index (χ1) is 15.5. The van der Waals surface area contributed by atoms with Crippen molar-refractivity contribution in [3.63, 3.8) is 0 Å². The van der Waals surface area contributed by atoms with Crippen molar-refractivity contribution in [2.24, 2.45) is 5.92 Å². The van der Waals surface area contributed by atoms with Gasteiger partial charge in [0.2, 0.25) is 0 Å². The van der Waals surface area contributed by atoms with Crippen molar-refractivity contribution in [2.45, 2.75) is 44.7 Å². The van der Waals surface area contributed by atoms with Gasteiger partial charge in [-0.05, 0) is 50.2 Å². The van der Waals surface area contributed by atoms with E-state index in [2.05, 4.69) is 20.5 Å². The van der Waals surface area contributed by atoms with Crippen LogP contribution in [0.15, 0.2) is 6.07 Å². The number of thiazole rings is 1. The number of aryl methyl sites for hydroxylation is 2. The summed E-state index contributed by atoms with van der Waals surface area (Å²) in [4.78, 5) is 25.6. The number of anilines is 2. The highest BCUT2D eigenvalue weighted by molar-refractivity contribution is 7.29. The Kier molecular flexibility index (Phi) is 4.85. The molecule has 3 atom stereocenters. The monoisotopic (exact) mass is 472 g/mol. The Balaban J connectivity index is 1.19. The van der Waals surface area contributed by atoms with E-state index in [-0.39, 0.29) is 17.8 Å². The summed E-state index contributed by atoms with van der Waals surface area (Å²) in [5, 5.41) is 7.46. The minimum atomic E-state index is -0.257. The number of nitrogens with zero attached hydrogens (tertiary/aromatic N) is 3. The summed E-state index contributed by atoms with van der Waals surface area (Å²) in [7, 11) is 0. The van der Waals surface area contributed by atoms with Crippen LogP contribution in [-0.2, 0) is 12.8 Å². The van der Waals surface area contributed by atoms with Gasteiger partial charge in [-0.2, -0.15) is 0 Å². The van der Waals surface area contributed by atoms with E-state index in [0.717, 1.165) is 64.7 Å². The van der Waals surface area contributed by atoms with E-state index in [1.807, 2.05) is 6.92 Å². The first-order valence-corrected chi connectivity index (χ1v) is 12.7. The number of nitrogens with one attached hydrogen (secondary N) is 2. The third-order valence-electron chi connectivity index (χ3n) is 6.97. The molecule has 0 spiro atoms. The van der Waals surface area contributed by atoms with Crippen molar-refractivity contribution in [2.75, 3.05) is 30.3 Å². The summed E-state index contributed by atoms with van der Waals surface area (Å²) in [6, 6.07) is 1.91. The van der Waals surface area contributed by atoms with Gasteiger partial charge in [0.15, 0.2) is 11.6 Å². The maximum Gasteiger partial charge on any atom is 0.263 e. The number of amides is 1. The number of nitrogen functional groups attached to an aromatic ring is 1. The third-order valence-corrected chi connectivity index (χ3v) is 9.20. The quantitative estimate of drug-likeness (QED) is 0.543. The zero-order valence-corrected chi connectivity index (χ0v) is 19.4. The molecule has 3 unspecified atom stereocenters. The Morgan fingerprint density at radius 1 is 1.31 bits per heavy atom. The zero-order valence-electron chi connectivity index (χ0n) is 17.8. The number of nitrogens with two attached hydrogens (primary N) is 1. The molecule has 2 fully saturated rings. The van der Waals surface area contributed by atoms with Gasteiger partial charge in [0.05, 0.1) is 15.4 Å². The normalized spacial score (nSPS) is 24.7. The average molecular weight is 473 g/mol. The fraction of sp³-hybridized carbons (Fsp3) is 0.500. The smallest absolute Gasteiger partial charge is 0.263 e. The maximum atomic E-state index is 15.1. The van der Waals surface area contributed by atoms with Crippen LogP contribution >= 0.6 is 22.7 Å². The molecule has 32 heavy (non-hydrogen) atoms. The van der Waals surface area contributed by atoms with Gasteiger partial charge in [-0.15, -0.1) is 22.7 Å². The van der Waals surface area contributed by atoms with Crippen molar-refractivity contribution in [1.82, 2.24) is 20.6 Å². The molecule has 5 heterocycles. The standard InChI is InChI=1S/C22H25FN6OS2/c1-10-26-22-19(31-10)17(24)18(32-22)21(30)27-13-2-3-15-12(6-13)7-14(23)20(28-15)29-5-4-11-8-25-9-16(11)29/h7,11,13,16,25H,2-6,8-9,24H2,1H3,(H,27,30). The highest BCUT2D eigenvalue weighted by Crippen LogP contribution is 2.38. The van der Waals surface area contributed by atoms with Crippen molar-refractivity contribution < 1.29 is 9.18 Å². The Morgan fingerprint density at radius 2 is 2.19 bits per heavy atom. The van der Waals surface area contributed by atoms with E-state index in [9.17, 15) is 4.79 Å². The molecule has 3 aromatic rings. The lowest BCUT2D eigenvalue weighted by atomic mass is 9.91. The predicted molar refractivity (Wildman–Crippen MR) is 126 cm³/mol. The number of fused-ring (bicyclic) bond motifs is 3. The van der Waals surface area contributed by atoms with E-state index in [4.69, 9.17) is 10.7 Å². The molecule has 3 aliphatic rings. The molecule has 0 aromatic carbocycles. The minimum Gasteiger partial charge on any atom is -0.396 e. The molecule has 4 N–H and O–H groups in total. The van der Waals surface area contributed by atoms with Crippen LogP contribution in [0.4, 0.5) is 15.9 Å². The van der Waals surface area contributed by atoms with Gasteiger partial charge in [0, 0.05) is 37.4 Å². The number of hydrogen-bond donors (Lipinski definition) is 3. The van der Waals surface area contributed by atoms with Gasteiger partial charge in [-0.1, -0.05) is 0 Å². The van der Waals surface area contributed by atoms with Crippen molar-refractivity contribution in [3.05, 3.63) is 33.0 Å². The van der Waals surface area contributed by atoms with E-state index in [0.29, 0.717) is 34.8 Å². The van der Waals surface area contributed by atoms with Crippen molar-refractivity contribution >= 4 is 49.6 Å². The SMILES string of the molecule is Cc1nc2sc(C(=O)NC3CCc4nc(N5CCC6CNCC65)c(F)cc4C3)c(N)c2s1. The summed E-state index contributed by atoms with van der Waals surface area (Å²) in [6.45, 7) is 4.71. The highest BCUT2D eigenvalue weighted by atomic mass is 32.1. The maximum absolute atomic E-state index is 15.1. The van der Waals surface area contributed by atoms with Crippen LogP contribution in [0.3, 0.4) is 0 Å². The lowest BCUT2D eigenvalue weighted by Gasteiger charge is -2.29. The number of carbonyl (C=O) groups is 1. The van der Waals surface area contributed by atoms with Gasteiger partial charge in [0.1, 0.15) is 9.71 Å². The van der Waals surface area contributed by atoms with Crippen LogP contribution in [0.25, 0.3) is 9.53 Å². The van der Waals surface area contributed by atoms with Crippen LogP contribution in [0, 0.1) is 18.7 Å². The molecule has 1 aliphatic carbocycles. The van der Waals surface area contributed by atoms with Crippen molar-refractivity contribution in [3.8, 4) is 0 Å². The molecule has 0 bridgehead atoms. The van der Waals surface area contributed by atoms with Gasteiger partial charge in [-0.25, -0.2) is 14.4 Å². The molecule has 0 radical (unpaired) electrons. The topological polar surface area (TPSA) is 96.2 Å². The first kappa shape index (κ1) is 20.3. The summed E-state index contributed by atoms with van der Waals surface area (Å²) >= 11 is 2.84. The van der Waals surface area contributed by atoms with Gasteiger partial charge >= 0.3 is 0 Å². The molecule has 2 aliphatic heterocycles. The first-order valence-electron chi connectivity index (χ1n) is 11.1. The van der Waals surface area contributed by atoms with Gasteiger partial charge in [-0.3, -0.25) is 4.79 Å². The van der Waals surface area contributed by atoms with Crippen LogP contribution in [0.1, 0.15) is 38.8 Å². The minimum absolute atomic E-state index is 0.0634. The van der Waals surface area contributed by atoms with Crippen LogP contribution in [0.2, 0.25) is 0 Å².